The lowest BCUT2D eigenvalue weighted by molar-refractivity contribution is -0.163. The topological polar surface area (TPSA) is 98.2 Å². The molecule has 2 amide bonds. The van der Waals surface area contributed by atoms with E-state index in [0.29, 0.717) is 31.5 Å². The monoisotopic (exact) mass is 332 g/mol. The third kappa shape index (κ3) is 2.75. The number of nitrogens with zero attached hydrogens (tertiary/aromatic N) is 2. The summed E-state index contributed by atoms with van der Waals surface area (Å²) in [5, 5.41) is 19.3. The van der Waals surface area contributed by atoms with Gasteiger partial charge in [0.25, 0.3) is 5.91 Å². The molecule has 1 unspecified atom stereocenters. The molecule has 0 radical (unpaired) electrons. The number of carbonyl (C=O) groups is 3. The number of rotatable bonds is 2. The number of β-amino-alcohol motifs (C(OH)–C–C–N with tert-alkyl or cyclic N) is 1. The van der Waals surface area contributed by atoms with Gasteiger partial charge in [-0.05, 0) is 43.0 Å². The SMILES string of the molecule is CC(=O)N1CCc2cc(C(=O)N3CCCC(O)(C(=O)O)C3)ccc21. The fraction of sp³-hybridized carbons (Fsp3) is 0.471. The number of hydrogen-bond acceptors (Lipinski definition) is 4. The summed E-state index contributed by atoms with van der Waals surface area (Å²) in [7, 11) is 0. The molecular formula is C17H20N2O5. The summed E-state index contributed by atoms with van der Waals surface area (Å²) in [5.41, 5.74) is 0.325. The van der Waals surface area contributed by atoms with Gasteiger partial charge in [-0.25, -0.2) is 4.79 Å². The molecule has 1 saturated heterocycles. The average Bonchev–Trinajstić information content (AvgIpc) is 2.97. The first-order chi connectivity index (χ1) is 11.3. The lowest BCUT2D eigenvalue weighted by Crippen LogP contribution is -2.54. The number of likely N-dealkylation sites (tertiary alicyclic amines) is 1. The van der Waals surface area contributed by atoms with Gasteiger partial charge in [-0.3, -0.25) is 9.59 Å². The predicted molar refractivity (Wildman–Crippen MR) is 85.9 cm³/mol. The van der Waals surface area contributed by atoms with Gasteiger partial charge in [-0.1, -0.05) is 0 Å². The lowest BCUT2D eigenvalue weighted by Gasteiger charge is -2.36. The number of aliphatic hydroxyl groups is 1. The highest BCUT2D eigenvalue weighted by Crippen LogP contribution is 2.30. The zero-order valence-electron chi connectivity index (χ0n) is 13.5. The summed E-state index contributed by atoms with van der Waals surface area (Å²) in [6.45, 7) is 2.32. The first kappa shape index (κ1) is 16.4. The lowest BCUT2D eigenvalue weighted by atomic mass is 9.92. The summed E-state index contributed by atoms with van der Waals surface area (Å²) in [6, 6.07) is 5.16. The smallest absolute Gasteiger partial charge is 0.337 e. The van der Waals surface area contributed by atoms with Crippen LogP contribution in [0.3, 0.4) is 0 Å². The molecule has 7 nitrogen and oxygen atoms in total. The Morgan fingerprint density at radius 2 is 1.96 bits per heavy atom. The van der Waals surface area contributed by atoms with Gasteiger partial charge in [0.1, 0.15) is 0 Å². The number of benzene rings is 1. The Morgan fingerprint density at radius 3 is 2.62 bits per heavy atom. The molecule has 1 fully saturated rings. The van der Waals surface area contributed by atoms with Crippen LogP contribution in [0, 0.1) is 0 Å². The van der Waals surface area contributed by atoms with E-state index in [9.17, 15) is 19.5 Å². The fourth-order valence-electron chi connectivity index (χ4n) is 3.43. The van der Waals surface area contributed by atoms with Crippen molar-refractivity contribution in [3.05, 3.63) is 29.3 Å². The standard InChI is InChI=1S/C17H20N2O5/c1-11(20)19-8-5-12-9-13(3-4-14(12)19)15(21)18-7-2-6-17(24,10-18)16(22)23/h3-4,9,24H,2,5-8,10H2,1H3,(H,22,23). The van der Waals surface area contributed by atoms with Crippen molar-refractivity contribution in [1.29, 1.82) is 0 Å². The Balaban J connectivity index is 1.81. The molecule has 3 rings (SSSR count). The van der Waals surface area contributed by atoms with Crippen LogP contribution in [-0.2, 0) is 16.0 Å². The molecule has 2 heterocycles. The van der Waals surface area contributed by atoms with Crippen molar-refractivity contribution in [1.82, 2.24) is 4.90 Å². The van der Waals surface area contributed by atoms with Crippen LogP contribution in [0.25, 0.3) is 0 Å². The fourth-order valence-corrected chi connectivity index (χ4v) is 3.43. The van der Waals surface area contributed by atoms with Gasteiger partial charge in [-0.15, -0.1) is 0 Å². The van der Waals surface area contributed by atoms with Crippen LogP contribution in [0.1, 0.15) is 35.7 Å². The van der Waals surface area contributed by atoms with Gasteiger partial charge in [-0.2, -0.15) is 0 Å². The number of carboxylic acid groups (broad SMARTS) is 1. The zero-order valence-corrected chi connectivity index (χ0v) is 13.5. The second-order valence-corrected chi connectivity index (χ2v) is 6.43. The minimum absolute atomic E-state index is 0.0321. The molecule has 128 valence electrons. The summed E-state index contributed by atoms with van der Waals surface area (Å²) in [5.74, 6) is -1.63. The van der Waals surface area contributed by atoms with Crippen molar-refractivity contribution in [3.8, 4) is 0 Å². The summed E-state index contributed by atoms with van der Waals surface area (Å²) >= 11 is 0. The van der Waals surface area contributed by atoms with Crippen LogP contribution >= 0.6 is 0 Å². The number of carbonyl (C=O) groups excluding carboxylic acids is 2. The first-order valence-electron chi connectivity index (χ1n) is 7.98. The van der Waals surface area contributed by atoms with Crippen LogP contribution in [0.2, 0.25) is 0 Å². The Bertz CT molecular complexity index is 717. The number of aliphatic carboxylic acids is 1. The summed E-state index contributed by atoms with van der Waals surface area (Å²) in [4.78, 5) is 38.5. The number of fused-ring (bicyclic) bond motifs is 1. The van der Waals surface area contributed by atoms with Gasteiger partial charge >= 0.3 is 5.97 Å². The molecule has 0 saturated carbocycles. The van der Waals surface area contributed by atoms with Crippen LogP contribution in [0.5, 0.6) is 0 Å². The third-order valence-corrected chi connectivity index (χ3v) is 4.76. The molecule has 2 N–H and O–H groups in total. The predicted octanol–water partition coefficient (Wildman–Crippen LogP) is 0.647. The van der Waals surface area contributed by atoms with E-state index in [1.807, 2.05) is 0 Å². The van der Waals surface area contributed by atoms with Gasteiger partial charge in [0, 0.05) is 31.3 Å². The van der Waals surface area contributed by atoms with Crippen molar-refractivity contribution >= 4 is 23.5 Å². The quantitative estimate of drug-likeness (QED) is 0.828. The minimum Gasteiger partial charge on any atom is -0.479 e. The Hall–Kier alpha value is -2.41. The van der Waals surface area contributed by atoms with E-state index in [1.54, 1.807) is 23.1 Å². The number of hydrogen-bond donors (Lipinski definition) is 2. The highest BCUT2D eigenvalue weighted by Gasteiger charge is 2.42. The maximum Gasteiger partial charge on any atom is 0.337 e. The molecule has 0 aromatic heterocycles. The summed E-state index contributed by atoms with van der Waals surface area (Å²) in [6.07, 6.45) is 1.27. The van der Waals surface area contributed by atoms with Crippen molar-refractivity contribution < 1.29 is 24.6 Å². The van der Waals surface area contributed by atoms with Crippen molar-refractivity contribution in [2.24, 2.45) is 0 Å². The van der Waals surface area contributed by atoms with E-state index < -0.39 is 11.6 Å². The van der Waals surface area contributed by atoms with Gasteiger partial charge < -0.3 is 20.0 Å². The average molecular weight is 332 g/mol. The molecule has 24 heavy (non-hydrogen) atoms. The van der Waals surface area contributed by atoms with Crippen LogP contribution in [0.4, 0.5) is 5.69 Å². The highest BCUT2D eigenvalue weighted by molar-refractivity contribution is 5.98. The Labute approximate surface area is 139 Å². The molecular weight excluding hydrogens is 312 g/mol. The molecule has 1 aromatic carbocycles. The maximum atomic E-state index is 12.7. The normalized spacial score (nSPS) is 23.1. The number of amides is 2. The van der Waals surface area contributed by atoms with E-state index in [1.165, 1.54) is 11.8 Å². The van der Waals surface area contributed by atoms with Crippen molar-refractivity contribution in [2.45, 2.75) is 31.8 Å². The molecule has 1 aromatic rings. The number of piperidine rings is 1. The van der Waals surface area contributed by atoms with E-state index in [0.717, 1.165) is 11.3 Å². The van der Waals surface area contributed by atoms with Crippen LogP contribution in [-0.4, -0.2) is 58.1 Å². The zero-order chi connectivity index (χ0) is 17.5. The van der Waals surface area contributed by atoms with E-state index in [2.05, 4.69) is 0 Å². The third-order valence-electron chi connectivity index (χ3n) is 4.76. The molecule has 0 spiro atoms. The maximum absolute atomic E-state index is 12.7. The Morgan fingerprint density at radius 1 is 1.21 bits per heavy atom. The van der Waals surface area contributed by atoms with Gasteiger partial charge in [0.15, 0.2) is 5.60 Å². The largest absolute Gasteiger partial charge is 0.479 e. The van der Waals surface area contributed by atoms with E-state index in [-0.39, 0.29) is 24.8 Å². The molecule has 0 bridgehead atoms. The minimum atomic E-state index is -1.88. The second-order valence-electron chi connectivity index (χ2n) is 6.43. The highest BCUT2D eigenvalue weighted by atomic mass is 16.4. The molecule has 2 aliphatic rings. The second kappa shape index (κ2) is 5.90. The molecule has 0 aliphatic carbocycles. The van der Waals surface area contributed by atoms with E-state index in [4.69, 9.17) is 5.11 Å². The van der Waals surface area contributed by atoms with Crippen molar-refractivity contribution in [2.75, 3.05) is 24.5 Å². The van der Waals surface area contributed by atoms with Gasteiger partial charge in [0.2, 0.25) is 5.91 Å². The number of anilines is 1. The Kier molecular flexibility index (Phi) is 4.04. The van der Waals surface area contributed by atoms with E-state index >= 15 is 0 Å². The molecule has 1 atom stereocenters. The van der Waals surface area contributed by atoms with Crippen LogP contribution in [0.15, 0.2) is 18.2 Å². The van der Waals surface area contributed by atoms with Gasteiger partial charge in [0.05, 0.1) is 6.54 Å². The number of carboxylic acids is 1. The molecule has 2 aliphatic heterocycles. The first-order valence-corrected chi connectivity index (χ1v) is 7.98. The molecule has 7 heteroatoms. The van der Waals surface area contributed by atoms with Crippen LogP contribution < -0.4 is 4.90 Å². The van der Waals surface area contributed by atoms with Crippen molar-refractivity contribution in [3.63, 3.8) is 0 Å². The summed E-state index contributed by atoms with van der Waals surface area (Å²) < 4.78 is 0.